The lowest BCUT2D eigenvalue weighted by Crippen LogP contribution is -2.37. The molecule has 20 heavy (non-hydrogen) atoms. The summed E-state index contributed by atoms with van der Waals surface area (Å²) in [7, 11) is 0. The molecule has 0 bridgehead atoms. The molecule has 0 spiro atoms. The van der Waals surface area contributed by atoms with E-state index in [-0.39, 0.29) is 11.6 Å². The van der Waals surface area contributed by atoms with Crippen LogP contribution in [0.25, 0.3) is 0 Å². The van der Waals surface area contributed by atoms with E-state index in [1.165, 1.54) is 0 Å². The quantitative estimate of drug-likeness (QED) is 0.841. The Morgan fingerprint density at radius 1 is 1.35 bits per heavy atom. The molecule has 1 fully saturated rings. The van der Waals surface area contributed by atoms with Crippen molar-refractivity contribution in [3.63, 3.8) is 0 Å². The molecule has 4 nitrogen and oxygen atoms in total. The Hall–Kier alpha value is -1.98. The van der Waals surface area contributed by atoms with Gasteiger partial charge in [-0.3, -0.25) is 4.79 Å². The Morgan fingerprint density at radius 3 is 2.65 bits per heavy atom. The number of rotatable bonds is 5. The van der Waals surface area contributed by atoms with E-state index in [2.05, 4.69) is 5.32 Å². The predicted octanol–water partition coefficient (Wildman–Crippen LogP) is 2.04. The molecule has 1 N–H and O–H groups in total. The van der Waals surface area contributed by atoms with Crippen molar-refractivity contribution in [2.45, 2.75) is 25.8 Å². The van der Waals surface area contributed by atoms with E-state index in [4.69, 9.17) is 4.74 Å². The molecule has 1 amide bonds. The zero-order valence-corrected chi connectivity index (χ0v) is 11.0. The molecule has 2 rings (SSSR count). The van der Waals surface area contributed by atoms with Gasteiger partial charge in [0, 0.05) is 6.04 Å². The molecule has 0 aromatic heterocycles. The molecule has 0 radical (unpaired) electrons. The van der Waals surface area contributed by atoms with E-state index in [1.807, 2.05) is 6.92 Å². The Balaban J connectivity index is 1.81. The van der Waals surface area contributed by atoms with Gasteiger partial charge >= 0.3 is 5.97 Å². The Morgan fingerprint density at radius 2 is 2.05 bits per heavy atom. The second kappa shape index (κ2) is 5.98. The molecule has 0 heterocycles. The van der Waals surface area contributed by atoms with Crippen LogP contribution in [-0.4, -0.2) is 24.5 Å². The topological polar surface area (TPSA) is 55.4 Å². The highest BCUT2D eigenvalue weighted by molar-refractivity contribution is 5.91. The molecule has 1 aliphatic carbocycles. The van der Waals surface area contributed by atoms with Gasteiger partial charge in [-0.15, -0.1) is 0 Å². The van der Waals surface area contributed by atoms with Crippen LogP contribution >= 0.6 is 0 Å². The summed E-state index contributed by atoms with van der Waals surface area (Å²) in [5, 5.41) is 2.72. The van der Waals surface area contributed by atoms with Gasteiger partial charge in [0.1, 0.15) is 0 Å². The van der Waals surface area contributed by atoms with Crippen LogP contribution in [0.15, 0.2) is 18.2 Å². The van der Waals surface area contributed by atoms with E-state index < -0.39 is 30.1 Å². The second-order valence-electron chi connectivity index (χ2n) is 4.90. The molecule has 1 atom stereocenters. The normalized spacial score (nSPS) is 15.6. The fourth-order valence-corrected chi connectivity index (χ4v) is 1.85. The van der Waals surface area contributed by atoms with E-state index in [0.717, 1.165) is 31.0 Å². The van der Waals surface area contributed by atoms with E-state index in [9.17, 15) is 18.4 Å². The van der Waals surface area contributed by atoms with Crippen LogP contribution in [0.1, 0.15) is 30.1 Å². The summed E-state index contributed by atoms with van der Waals surface area (Å²) < 4.78 is 30.4. The van der Waals surface area contributed by atoms with Crippen LogP contribution in [-0.2, 0) is 9.53 Å². The number of halogens is 2. The number of benzene rings is 1. The van der Waals surface area contributed by atoms with E-state index in [0.29, 0.717) is 5.92 Å². The van der Waals surface area contributed by atoms with Gasteiger partial charge in [0.15, 0.2) is 18.2 Å². The monoisotopic (exact) mass is 283 g/mol. The SMILES string of the molecule is C[C@H](NC(=O)COC(=O)c1ccc(F)c(F)c1)C1CC1. The summed E-state index contributed by atoms with van der Waals surface area (Å²) in [5.74, 6) is -2.94. The zero-order valence-electron chi connectivity index (χ0n) is 11.0. The Bertz CT molecular complexity index is 529. The fraction of sp³-hybridized carbons (Fsp3) is 0.429. The summed E-state index contributed by atoms with van der Waals surface area (Å²) >= 11 is 0. The lowest BCUT2D eigenvalue weighted by molar-refractivity contribution is -0.124. The first kappa shape index (κ1) is 14.4. The number of carbonyl (C=O) groups excluding carboxylic acids is 2. The van der Waals surface area contributed by atoms with Gasteiger partial charge in [0.05, 0.1) is 5.56 Å². The average molecular weight is 283 g/mol. The molecule has 1 aromatic rings. The number of esters is 1. The average Bonchev–Trinajstić information content (AvgIpc) is 3.23. The van der Waals surface area contributed by atoms with E-state index in [1.54, 1.807) is 0 Å². The van der Waals surface area contributed by atoms with Gasteiger partial charge in [0.2, 0.25) is 0 Å². The van der Waals surface area contributed by atoms with Crippen LogP contribution in [0.3, 0.4) is 0 Å². The van der Waals surface area contributed by atoms with Crippen molar-refractivity contribution < 1.29 is 23.1 Å². The number of carbonyl (C=O) groups is 2. The number of nitrogens with one attached hydrogen (secondary N) is 1. The van der Waals surface area contributed by atoms with Crippen LogP contribution in [0.5, 0.6) is 0 Å². The molecule has 6 heteroatoms. The van der Waals surface area contributed by atoms with Gasteiger partial charge in [-0.1, -0.05) is 0 Å². The highest BCUT2D eigenvalue weighted by atomic mass is 19.2. The summed E-state index contributed by atoms with van der Waals surface area (Å²) in [6.07, 6.45) is 2.19. The third kappa shape index (κ3) is 3.76. The van der Waals surface area contributed by atoms with Crippen molar-refractivity contribution in [3.05, 3.63) is 35.4 Å². The number of hydrogen-bond acceptors (Lipinski definition) is 3. The van der Waals surface area contributed by atoms with Gasteiger partial charge in [0.25, 0.3) is 5.91 Å². The largest absolute Gasteiger partial charge is 0.452 e. The summed E-state index contributed by atoms with van der Waals surface area (Å²) in [5.41, 5.74) is -0.132. The highest BCUT2D eigenvalue weighted by Gasteiger charge is 2.29. The second-order valence-corrected chi connectivity index (χ2v) is 4.90. The smallest absolute Gasteiger partial charge is 0.338 e. The van der Waals surface area contributed by atoms with Crippen molar-refractivity contribution in [1.29, 1.82) is 0 Å². The van der Waals surface area contributed by atoms with Gasteiger partial charge in [-0.2, -0.15) is 0 Å². The third-order valence-corrected chi connectivity index (χ3v) is 3.21. The molecular weight excluding hydrogens is 268 g/mol. The van der Waals surface area contributed by atoms with Crippen molar-refractivity contribution >= 4 is 11.9 Å². The predicted molar refractivity (Wildman–Crippen MR) is 67.0 cm³/mol. The highest BCUT2D eigenvalue weighted by Crippen LogP contribution is 2.32. The van der Waals surface area contributed by atoms with Gasteiger partial charge < -0.3 is 10.1 Å². The van der Waals surface area contributed by atoms with Crippen LogP contribution in [0, 0.1) is 17.6 Å². The first-order valence-corrected chi connectivity index (χ1v) is 6.39. The summed E-state index contributed by atoms with van der Waals surface area (Å²) in [6, 6.07) is 2.74. The summed E-state index contributed by atoms with van der Waals surface area (Å²) in [6.45, 7) is 1.46. The minimum atomic E-state index is -1.13. The minimum Gasteiger partial charge on any atom is -0.452 e. The van der Waals surface area contributed by atoms with Crippen LogP contribution in [0.2, 0.25) is 0 Å². The maximum absolute atomic E-state index is 12.9. The molecule has 0 aliphatic heterocycles. The maximum atomic E-state index is 12.9. The Kier molecular flexibility index (Phi) is 4.32. The molecular formula is C14H15F2NO3. The lowest BCUT2D eigenvalue weighted by atomic mass is 10.2. The summed E-state index contributed by atoms with van der Waals surface area (Å²) in [4.78, 5) is 23.1. The Labute approximate surface area is 115 Å². The van der Waals surface area contributed by atoms with E-state index >= 15 is 0 Å². The van der Waals surface area contributed by atoms with Crippen LogP contribution < -0.4 is 5.32 Å². The molecule has 108 valence electrons. The molecule has 1 aromatic carbocycles. The number of ether oxygens (including phenoxy) is 1. The first-order valence-electron chi connectivity index (χ1n) is 6.39. The lowest BCUT2D eigenvalue weighted by Gasteiger charge is -2.12. The van der Waals surface area contributed by atoms with Crippen molar-refractivity contribution in [2.24, 2.45) is 5.92 Å². The minimum absolute atomic E-state index is 0.0597. The number of hydrogen-bond donors (Lipinski definition) is 1. The molecule has 0 saturated heterocycles. The van der Waals surface area contributed by atoms with Crippen LogP contribution in [0.4, 0.5) is 8.78 Å². The van der Waals surface area contributed by atoms with Gasteiger partial charge in [-0.05, 0) is 43.9 Å². The first-order chi connectivity index (χ1) is 9.47. The molecule has 1 saturated carbocycles. The van der Waals surface area contributed by atoms with Gasteiger partial charge in [-0.25, -0.2) is 13.6 Å². The number of amides is 1. The van der Waals surface area contributed by atoms with Crippen molar-refractivity contribution in [2.75, 3.05) is 6.61 Å². The van der Waals surface area contributed by atoms with Crippen molar-refractivity contribution in [3.8, 4) is 0 Å². The maximum Gasteiger partial charge on any atom is 0.338 e. The standard InChI is InChI=1S/C14H15F2NO3/c1-8(9-2-3-9)17-13(18)7-20-14(19)10-4-5-11(15)12(16)6-10/h4-6,8-9H,2-3,7H2,1H3,(H,17,18)/t8-/m0/s1. The third-order valence-electron chi connectivity index (χ3n) is 3.21. The van der Waals surface area contributed by atoms with Crippen molar-refractivity contribution in [1.82, 2.24) is 5.32 Å². The molecule has 1 aliphatic rings. The fourth-order valence-electron chi connectivity index (χ4n) is 1.85. The molecule has 0 unspecified atom stereocenters. The zero-order chi connectivity index (χ0) is 14.7.